The molecular formula is C10H7ClFNO. The van der Waals surface area contributed by atoms with Crippen molar-refractivity contribution in [1.29, 1.82) is 0 Å². The highest BCUT2D eigenvalue weighted by Crippen LogP contribution is 2.19. The van der Waals surface area contributed by atoms with E-state index in [9.17, 15) is 9.18 Å². The number of benzene rings is 1. The minimum Gasteiger partial charge on any atom is -0.361 e. The van der Waals surface area contributed by atoms with E-state index in [1.165, 1.54) is 6.07 Å². The molecule has 1 heterocycles. The van der Waals surface area contributed by atoms with E-state index in [4.69, 9.17) is 11.6 Å². The summed E-state index contributed by atoms with van der Waals surface area (Å²) in [6, 6.07) is 2.57. The molecule has 2 rings (SSSR count). The Morgan fingerprint density at radius 2 is 2.14 bits per heavy atom. The number of aromatic nitrogens is 1. The number of nitrogens with one attached hydrogen (secondary N) is 1. The second-order valence-corrected chi connectivity index (χ2v) is 3.52. The molecule has 0 aliphatic rings. The normalized spacial score (nSPS) is 10.8. The molecule has 0 spiro atoms. The lowest BCUT2D eigenvalue weighted by Crippen LogP contribution is -2.06. The van der Waals surface area contributed by atoms with E-state index < -0.39 is 5.82 Å². The summed E-state index contributed by atoms with van der Waals surface area (Å²) >= 11 is 5.58. The van der Waals surface area contributed by atoms with Crippen molar-refractivity contribution in [3.8, 4) is 0 Å². The fourth-order valence-corrected chi connectivity index (χ4v) is 1.48. The van der Waals surface area contributed by atoms with Crippen LogP contribution in [0, 0.1) is 12.7 Å². The molecule has 1 aromatic heterocycles. The van der Waals surface area contributed by atoms with Gasteiger partial charge in [0.05, 0.1) is 10.5 Å². The molecule has 0 atom stereocenters. The van der Waals surface area contributed by atoms with Crippen LogP contribution in [0.4, 0.5) is 4.39 Å². The van der Waals surface area contributed by atoms with E-state index in [-0.39, 0.29) is 10.5 Å². The fourth-order valence-electron chi connectivity index (χ4n) is 1.32. The number of aromatic amines is 1. The van der Waals surface area contributed by atoms with Crippen LogP contribution in [0.15, 0.2) is 23.1 Å². The van der Waals surface area contributed by atoms with Gasteiger partial charge in [0.2, 0.25) is 0 Å². The molecule has 2 aromatic rings. The Morgan fingerprint density at radius 1 is 1.43 bits per heavy atom. The maximum atomic E-state index is 13.1. The van der Waals surface area contributed by atoms with Gasteiger partial charge in [-0.2, -0.15) is 0 Å². The number of halogens is 2. The summed E-state index contributed by atoms with van der Waals surface area (Å²) in [5, 5.41) is 0.337. The molecule has 0 unspecified atom stereocenters. The minimum absolute atomic E-state index is 0.0111. The molecule has 0 saturated heterocycles. The number of hydrogen-bond acceptors (Lipinski definition) is 1. The first-order valence-electron chi connectivity index (χ1n) is 4.06. The predicted octanol–water partition coefficient (Wildman–Crippen LogP) is 2.63. The topological polar surface area (TPSA) is 32.9 Å². The second-order valence-electron chi connectivity index (χ2n) is 3.11. The molecule has 0 bridgehead atoms. The van der Waals surface area contributed by atoms with Gasteiger partial charge in [0.25, 0.3) is 0 Å². The van der Waals surface area contributed by atoms with Crippen LogP contribution in [0.3, 0.4) is 0 Å². The highest BCUT2D eigenvalue weighted by molar-refractivity contribution is 6.31. The summed E-state index contributed by atoms with van der Waals surface area (Å²) < 4.78 is 13.1. The van der Waals surface area contributed by atoms with Crippen LogP contribution in [0.5, 0.6) is 0 Å². The van der Waals surface area contributed by atoms with Gasteiger partial charge in [0, 0.05) is 17.1 Å². The maximum absolute atomic E-state index is 13.1. The highest BCUT2D eigenvalue weighted by atomic mass is 35.5. The lowest BCUT2D eigenvalue weighted by Gasteiger charge is -2.00. The van der Waals surface area contributed by atoms with Crippen LogP contribution in [0.1, 0.15) is 5.56 Å². The van der Waals surface area contributed by atoms with Crippen molar-refractivity contribution in [3.05, 3.63) is 45.0 Å². The van der Waals surface area contributed by atoms with Gasteiger partial charge in [0.15, 0.2) is 5.43 Å². The van der Waals surface area contributed by atoms with Crippen LogP contribution in [0.25, 0.3) is 10.9 Å². The van der Waals surface area contributed by atoms with Crippen LogP contribution >= 0.6 is 11.6 Å². The van der Waals surface area contributed by atoms with Gasteiger partial charge in [-0.3, -0.25) is 4.79 Å². The average Bonchev–Trinajstić information content (AvgIpc) is 2.15. The van der Waals surface area contributed by atoms with Gasteiger partial charge < -0.3 is 4.98 Å². The van der Waals surface area contributed by atoms with E-state index in [0.29, 0.717) is 16.5 Å². The summed E-state index contributed by atoms with van der Waals surface area (Å²) in [5.41, 5.74) is 0.931. The molecule has 4 heteroatoms. The molecule has 0 fully saturated rings. The Balaban J connectivity index is 2.97. The number of rotatable bonds is 0. The predicted molar refractivity (Wildman–Crippen MR) is 54.3 cm³/mol. The van der Waals surface area contributed by atoms with E-state index in [1.54, 1.807) is 13.1 Å². The van der Waals surface area contributed by atoms with Crippen molar-refractivity contribution < 1.29 is 4.39 Å². The Hall–Kier alpha value is -1.35. The highest BCUT2D eigenvalue weighted by Gasteiger charge is 2.06. The first kappa shape index (κ1) is 9.21. The van der Waals surface area contributed by atoms with Gasteiger partial charge in [0.1, 0.15) is 5.82 Å². The zero-order valence-electron chi connectivity index (χ0n) is 7.40. The molecule has 72 valence electrons. The number of hydrogen-bond donors (Lipinski definition) is 1. The lowest BCUT2D eigenvalue weighted by molar-refractivity contribution is 0.630. The van der Waals surface area contributed by atoms with Crippen molar-refractivity contribution in [2.45, 2.75) is 6.92 Å². The lowest BCUT2D eigenvalue weighted by atomic mass is 10.1. The first-order valence-corrected chi connectivity index (χ1v) is 4.44. The molecule has 0 aliphatic carbocycles. The molecular weight excluding hydrogens is 205 g/mol. The van der Waals surface area contributed by atoms with E-state index >= 15 is 0 Å². The molecule has 14 heavy (non-hydrogen) atoms. The van der Waals surface area contributed by atoms with Crippen molar-refractivity contribution in [2.24, 2.45) is 0 Å². The molecule has 0 saturated carbocycles. The maximum Gasteiger partial charge on any atom is 0.192 e. The smallest absolute Gasteiger partial charge is 0.192 e. The molecule has 2 nitrogen and oxygen atoms in total. The van der Waals surface area contributed by atoms with Crippen molar-refractivity contribution in [1.82, 2.24) is 4.98 Å². The van der Waals surface area contributed by atoms with Crippen LogP contribution in [-0.4, -0.2) is 4.98 Å². The van der Waals surface area contributed by atoms with Crippen LogP contribution < -0.4 is 5.43 Å². The number of aryl methyl sites for hydroxylation is 1. The standard InChI is InChI=1S/C10H7ClFNO/c1-5-4-13-9-3-7(11)8(12)2-6(9)10(5)14/h2-4H,1H3,(H,13,14). The van der Waals surface area contributed by atoms with Crippen molar-refractivity contribution >= 4 is 22.5 Å². The third-order valence-electron chi connectivity index (χ3n) is 2.11. The first-order chi connectivity index (χ1) is 6.59. The average molecular weight is 212 g/mol. The zero-order chi connectivity index (χ0) is 10.3. The van der Waals surface area contributed by atoms with E-state index in [1.807, 2.05) is 0 Å². The summed E-state index contributed by atoms with van der Waals surface area (Å²) in [6.45, 7) is 1.67. The van der Waals surface area contributed by atoms with Gasteiger partial charge in [-0.05, 0) is 19.1 Å². The van der Waals surface area contributed by atoms with Gasteiger partial charge in [-0.1, -0.05) is 11.6 Å². The minimum atomic E-state index is -0.574. The van der Waals surface area contributed by atoms with Gasteiger partial charge in [-0.15, -0.1) is 0 Å². The number of H-pyrrole nitrogens is 1. The summed E-state index contributed by atoms with van der Waals surface area (Å²) in [4.78, 5) is 14.4. The molecule has 1 N–H and O–H groups in total. The Labute approximate surface area is 84.3 Å². The third-order valence-corrected chi connectivity index (χ3v) is 2.40. The van der Waals surface area contributed by atoms with E-state index in [0.717, 1.165) is 6.07 Å². The number of pyridine rings is 1. The number of fused-ring (bicyclic) bond motifs is 1. The Bertz CT molecular complexity index is 562. The quantitative estimate of drug-likeness (QED) is 0.714. The Kier molecular flexibility index (Phi) is 2.04. The van der Waals surface area contributed by atoms with Crippen LogP contribution in [0.2, 0.25) is 5.02 Å². The fraction of sp³-hybridized carbons (Fsp3) is 0.100. The van der Waals surface area contributed by atoms with Crippen molar-refractivity contribution in [2.75, 3.05) is 0 Å². The van der Waals surface area contributed by atoms with Gasteiger partial charge in [-0.25, -0.2) is 4.39 Å². The molecule has 0 aliphatic heterocycles. The van der Waals surface area contributed by atoms with E-state index in [2.05, 4.69) is 4.98 Å². The van der Waals surface area contributed by atoms with Gasteiger partial charge >= 0.3 is 0 Å². The molecule has 0 radical (unpaired) electrons. The molecule has 0 amide bonds. The summed E-state index contributed by atoms with van der Waals surface area (Å²) in [7, 11) is 0. The van der Waals surface area contributed by atoms with Crippen LogP contribution in [-0.2, 0) is 0 Å². The van der Waals surface area contributed by atoms with Crippen molar-refractivity contribution in [3.63, 3.8) is 0 Å². The largest absolute Gasteiger partial charge is 0.361 e. The third kappa shape index (κ3) is 1.30. The SMILES string of the molecule is Cc1c[nH]c2cc(Cl)c(F)cc2c1=O. The Morgan fingerprint density at radius 3 is 2.86 bits per heavy atom. The summed E-state index contributed by atoms with van der Waals surface area (Å²) in [5.74, 6) is -0.574. The monoisotopic (exact) mass is 211 g/mol. The molecule has 1 aromatic carbocycles. The zero-order valence-corrected chi connectivity index (χ0v) is 8.15. The second kappa shape index (κ2) is 3.10. The summed E-state index contributed by atoms with van der Waals surface area (Å²) in [6.07, 6.45) is 1.58.